The van der Waals surface area contributed by atoms with Crippen molar-refractivity contribution < 1.29 is 0 Å². The topological polar surface area (TPSA) is 90.8 Å². The summed E-state index contributed by atoms with van der Waals surface area (Å²) in [5.74, 6) is 0.903. The fourth-order valence-electron chi connectivity index (χ4n) is 3.51. The lowest BCUT2D eigenvalue weighted by atomic mass is 9.92. The Morgan fingerprint density at radius 3 is 2.54 bits per heavy atom. The van der Waals surface area contributed by atoms with Gasteiger partial charge in [0, 0.05) is 44.6 Å². The minimum absolute atomic E-state index is 0.0896. The van der Waals surface area contributed by atoms with Gasteiger partial charge in [0.15, 0.2) is 5.65 Å². The van der Waals surface area contributed by atoms with Crippen LogP contribution in [-0.2, 0) is 26.1 Å². The smallest absolute Gasteiger partial charge is 0.266 e. The molecule has 3 aromatic rings. The highest BCUT2D eigenvalue weighted by Crippen LogP contribution is 2.24. The summed E-state index contributed by atoms with van der Waals surface area (Å²) in [6, 6.07) is 3.39. The van der Waals surface area contributed by atoms with E-state index in [-0.39, 0.29) is 22.5 Å². The van der Waals surface area contributed by atoms with Gasteiger partial charge in [-0.15, -0.1) is 0 Å². The van der Waals surface area contributed by atoms with Crippen LogP contribution in [0.15, 0.2) is 27.9 Å². The fraction of sp³-hybridized carbons (Fsp3) is 0.526. The number of fused-ring (bicyclic) bond motifs is 1. The zero-order chi connectivity index (χ0) is 20.2. The number of hydrogen-bond acceptors (Lipinski definition) is 6. The second kappa shape index (κ2) is 6.29. The van der Waals surface area contributed by atoms with Crippen LogP contribution in [0, 0.1) is 5.92 Å². The molecule has 4 heterocycles. The molecule has 0 aliphatic carbocycles. The molecule has 0 saturated carbocycles. The molecular formula is C19H25N7O2. The molecule has 0 unspecified atom stereocenters. The molecule has 28 heavy (non-hydrogen) atoms. The van der Waals surface area contributed by atoms with Crippen LogP contribution in [0.1, 0.15) is 26.5 Å². The third-order valence-electron chi connectivity index (χ3n) is 5.25. The highest BCUT2D eigenvalue weighted by atomic mass is 16.1. The first kappa shape index (κ1) is 18.4. The third kappa shape index (κ3) is 3.00. The van der Waals surface area contributed by atoms with Crippen molar-refractivity contribution in [2.75, 3.05) is 18.0 Å². The second-order valence-electron chi connectivity index (χ2n) is 8.54. The van der Waals surface area contributed by atoms with Gasteiger partial charge in [-0.2, -0.15) is 15.2 Å². The van der Waals surface area contributed by atoms with Crippen molar-refractivity contribution in [3.8, 4) is 0 Å². The Kier molecular flexibility index (Phi) is 4.13. The molecule has 9 nitrogen and oxygen atoms in total. The molecule has 1 saturated heterocycles. The van der Waals surface area contributed by atoms with Gasteiger partial charge in [0.05, 0.1) is 18.4 Å². The monoisotopic (exact) mass is 383 g/mol. The van der Waals surface area contributed by atoms with E-state index in [1.165, 1.54) is 0 Å². The third-order valence-corrected chi connectivity index (χ3v) is 5.25. The largest absolute Gasteiger partial charge is 0.341 e. The van der Waals surface area contributed by atoms with Crippen molar-refractivity contribution >= 4 is 17.0 Å². The number of aryl methyl sites for hydroxylation is 1. The molecule has 0 spiro atoms. The van der Waals surface area contributed by atoms with Crippen molar-refractivity contribution in [2.24, 2.45) is 20.0 Å². The van der Waals surface area contributed by atoms with Crippen LogP contribution >= 0.6 is 0 Å². The predicted octanol–water partition coefficient (Wildman–Crippen LogP) is 0.658. The number of rotatable bonds is 3. The van der Waals surface area contributed by atoms with E-state index in [1.807, 2.05) is 0 Å². The van der Waals surface area contributed by atoms with E-state index in [1.54, 1.807) is 46.4 Å². The first-order chi connectivity index (χ1) is 13.1. The maximum absolute atomic E-state index is 12.5. The van der Waals surface area contributed by atoms with Gasteiger partial charge in [-0.1, -0.05) is 20.8 Å². The number of nitrogens with zero attached hydrogens (tertiary/aromatic N) is 7. The van der Waals surface area contributed by atoms with E-state index in [0.717, 1.165) is 18.8 Å². The quantitative estimate of drug-likeness (QED) is 0.660. The molecule has 0 aromatic carbocycles. The molecule has 3 aromatic heterocycles. The van der Waals surface area contributed by atoms with Gasteiger partial charge in [-0.3, -0.25) is 18.8 Å². The Morgan fingerprint density at radius 2 is 1.86 bits per heavy atom. The summed E-state index contributed by atoms with van der Waals surface area (Å²) in [7, 11) is 3.50. The maximum atomic E-state index is 12.5. The van der Waals surface area contributed by atoms with E-state index in [9.17, 15) is 9.59 Å². The van der Waals surface area contributed by atoms with Gasteiger partial charge in [-0.05, 0) is 6.07 Å². The first-order valence-corrected chi connectivity index (χ1v) is 9.37. The predicted molar refractivity (Wildman–Crippen MR) is 107 cm³/mol. The van der Waals surface area contributed by atoms with Gasteiger partial charge >= 0.3 is 0 Å². The van der Waals surface area contributed by atoms with Crippen LogP contribution < -0.4 is 16.0 Å². The standard InChI is InChI=1S/C19H25N7O2/c1-19(2,3)14-6-7-15(27)26(22-14)11-12-9-25(10-12)18-21-16-13(8-20-24(16)5)17(28)23(18)4/h6-8,12H,9-11H2,1-5H3. The van der Waals surface area contributed by atoms with Gasteiger partial charge < -0.3 is 4.90 Å². The molecule has 0 bridgehead atoms. The normalized spacial score (nSPS) is 15.2. The molecule has 1 aliphatic heterocycles. The highest BCUT2D eigenvalue weighted by Gasteiger charge is 2.31. The number of anilines is 1. The van der Waals surface area contributed by atoms with E-state index in [4.69, 9.17) is 0 Å². The van der Waals surface area contributed by atoms with Crippen LogP contribution in [0.3, 0.4) is 0 Å². The second-order valence-corrected chi connectivity index (χ2v) is 8.54. The molecular weight excluding hydrogens is 358 g/mol. The van der Waals surface area contributed by atoms with Gasteiger partial charge in [0.1, 0.15) is 5.39 Å². The summed E-state index contributed by atoms with van der Waals surface area (Å²) in [6.07, 6.45) is 1.55. The summed E-state index contributed by atoms with van der Waals surface area (Å²) in [6.45, 7) is 8.23. The molecule has 0 amide bonds. The maximum Gasteiger partial charge on any atom is 0.266 e. The molecule has 1 fully saturated rings. The molecule has 4 rings (SSSR count). The van der Waals surface area contributed by atoms with Crippen molar-refractivity contribution in [3.05, 3.63) is 44.7 Å². The Morgan fingerprint density at radius 1 is 1.14 bits per heavy atom. The molecule has 0 radical (unpaired) electrons. The van der Waals surface area contributed by atoms with E-state index in [0.29, 0.717) is 23.5 Å². The summed E-state index contributed by atoms with van der Waals surface area (Å²) >= 11 is 0. The lowest BCUT2D eigenvalue weighted by Gasteiger charge is -2.40. The van der Waals surface area contributed by atoms with Gasteiger partial charge in [0.2, 0.25) is 5.95 Å². The van der Waals surface area contributed by atoms with Crippen molar-refractivity contribution in [1.29, 1.82) is 0 Å². The van der Waals surface area contributed by atoms with E-state index in [2.05, 4.69) is 40.9 Å². The van der Waals surface area contributed by atoms with Gasteiger partial charge in [-0.25, -0.2) is 4.68 Å². The summed E-state index contributed by atoms with van der Waals surface area (Å²) < 4.78 is 4.73. The summed E-state index contributed by atoms with van der Waals surface area (Å²) in [5, 5.41) is 9.18. The molecule has 9 heteroatoms. The molecule has 1 aliphatic rings. The SMILES string of the molecule is Cn1c(N2CC(Cn3nc(C(C)(C)C)ccc3=O)C2)nc2c(cnn2C)c1=O. The van der Waals surface area contributed by atoms with Crippen molar-refractivity contribution in [1.82, 2.24) is 29.1 Å². The average Bonchev–Trinajstić information content (AvgIpc) is 2.96. The Labute approximate surface area is 162 Å². The van der Waals surface area contributed by atoms with Crippen LogP contribution in [-0.4, -0.2) is 42.2 Å². The fourth-order valence-corrected chi connectivity index (χ4v) is 3.51. The highest BCUT2D eigenvalue weighted by molar-refractivity contribution is 5.74. The number of hydrogen-bond donors (Lipinski definition) is 0. The zero-order valence-electron chi connectivity index (χ0n) is 16.9. The average molecular weight is 383 g/mol. The minimum Gasteiger partial charge on any atom is -0.341 e. The Balaban J connectivity index is 1.54. The van der Waals surface area contributed by atoms with Crippen molar-refractivity contribution in [2.45, 2.75) is 32.7 Å². The van der Waals surface area contributed by atoms with E-state index < -0.39 is 0 Å². The molecule has 0 atom stereocenters. The zero-order valence-corrected chi connectivity index (χ0v) is 16.9. The molecule has 148 valence electrons. The van der Waals surface area contributed by atoms with Crippen LogP contribution in [0.4, 0.5) is 5.95 Å². The van der Waals surface area contributed by atoms with Crippen LogP contribution in [0.2, 0.25) is 0 Å². The first-order valence-electron chi connectivity index (χ1n) is 9.37. The van der Waals surface area contributed by atoms with Crippen LogP contribution in [0.25, 0.3) is 11.0 Å². The van der Waals surface area contributed by atoms with Crippen LogP contribution in [0.5, 0.6) is 0 Å². The Hall–Kier alpha value is -2.97. The molecule has 0 N–H and O–H groups in total. The summed E-state index contributed by atoms with van der Waals surface area (Å²) in [5.41, 5.74) is 1.17. The summed E-state index contributed by atoms with van der Waals surface area (Å²) in [4.78, 5) is 31.4. The minimum atomic E-state index is -0.109. The number of aromatic nitrogens is 6. The lowest BCUT2D eigenvalue weighted by Crippen LogP contribution is -2.51. The van der Waals surface area contributed by atoms with E-state index >= 15 is 0 Å². The lowest BCUT2D eigenvalue weighted by molar-refractivity contribution is 0.323. The Bertz CT molecular complexity index is 1160. The van der Waals surface area contributed by atoms with Gasteiger partial charge in [0.25, 0.3) is 11.1 Å². The van der Waals surface area contributed by atoms with Crippen molar-refractivity contribution in [3.63, 3.8) is 0 Å².